The maximum atomic E-state index is 11.0. The van der Waals surface area contributed by atoms with E-state index in [-0.39, 0.29) is 0 Å². The number of para-hydroxylation sites is 2. The lowest BCUT2D eigenvalue weighted by molar-refractivity contribution is 1.13. The molecular weight excluding hydrogens is 681 g/mol. The normalized spacial score (nSPS) is 11.6. The standard InChI is InChI=1S/C52H38N4/c1-32-13-16-41(35(4)24-32)38-15-18-50-46(28-38)43-10-6-8-12-48(43)56(50)52-29-40(31-53)51(30-44(52)36-19-21-54-22-20-36)55-47-11-7-5-9-42(47)45-27-37(14-17-49(45)55)39-25-33(2)23-34(3)26-39/h5-30H,1-4H3. The summed E-state index contributed by atoms with van der Waals surface area (Å²) in [7, 11) is 0. The van der Waals surface area contributed by atoms with Crippen molar-refractivity contribution in [2.45, 2.75) is 27.7 Å². The molecule has 0 atom stereocenters. The number of nitriles is 1. The molecule has 3 heterocycles. The van der Waals surface area contributed by atoms with Crippen LogP contribution >= 0.6 is 0 Å². The molecule has 0 radical (unpaired) electrons. The van der Waals surface area contributed by atoms with Crippen LogP contribution in [0.3, 0.4) is 0 Å². The van der Waals surface area contributed by atoms with Gasteiger partial charge in [-0.15, -0.1) is 0 Å². The SMILES string of the molecule is Cc1cc(C)cc(-c2ccc3c(c2)c2ccccc2n3-c2cc(-c3ccncc3)c(-n3c4ccccc4c4cc(-c5ccc(C)cc5C)ccc43)cc2C#N)c1. The average Bonchev–Trinajstić information content (AvgIpc) is 3.72. The van der Waals surface area contributed by atoms with Crippen LogP contribution in [-0.2, 0) is 0 Å². The van der Waals surface area contributed by atoms with Gasteiger partial charge in [0.05, 0.1) is 39.0 Å². The maximum absolute atomic E-state index is 11.0. The lowest BCUT2D eigenvalue weighted by Gasteiger charge is -2.19. The highest BCUT2D eigenvalue weighted by atomic mass is 15.0. The number of nitrogens with zero attached hydrogens (tertiary/aromatic N) is 4. The highest BCUT2D eigenvalue weighted by molar-refractivity contribution is 6.12. The van der Waals surface area contributed by atoms with Crippen molar-refractivity contribution < 1.29 is 0 Å². The Hall–Kier alpha value is -7.22. The molecule has 0 aliphatic carbocycles. The van der Waals surface area contributed by atoms with Gasteiger partial charge in [0, 0.05) is 39.5 Å². The van der Waals surface area contributed by atoms with Crippen LogP contribution in [0.5, 0.6) is 0 Å². The molecule has 0 saturated carbocycles. The maximum Gasteiger partial charge on any atom is 0.101 e. The number of hydrogen-bond donors (Lipinski definition) is 0. The van der Waals surface area contributed by atoms with E-state index in [2.05, 4.69) is 193 Å². The summed E-state index contributed by atoms with van der Waals surface area (Å²) >= 11 is 0. The van der Waals surface area contributed by atoms with Gasteiger partial charge in [-0.3, -0.25) is 4.98 Å². The summed E-state index contributed by atoms with van der Waals surface area (Å²) in [5.41, 5.74) is 18.5. The molecule has 0 aliphatic rings. The number of benzene rings is 7. The van der Waals surface area contributed by atoms with E-state index in [1.165, 1.54) is 55.3 Å². The summed E-state index contributed by atoms with van der Waals surface area (Å²) in [5, 5.41) is 15.7. The molecule has 0 aliphatic heterocycles. The minimum atomic E-state index is 0.594. The van der Waals surface area contributed by atoms with Crippen LogP contribution < -0.4 is 0 Å². The summed E-state index contributed by atoms with van der Waals surface area (Å²) in [4.78, 5) is 4.38. The second kappa shape index (κ2) is 13.0. The molecule has 266 valence electrons. The molecule has 0 N–H and O–H groups in total. The number of fused-ring (bicyclic) bond motifs is 6. The molecule has 0 spiro atoms. The molecule has 56 heavy (non-hydrogen) atoms. The molecule has 10 aromatic rings. The van der Waals surface area contributed by atoms with Gasteiger partial charge < -0.3 is 9.13 Å². The Kier molecular flexibility index (Phi) is 7.73. The van der Waals surface area contributed by atoms with E-state index < -0.39 is 0 Å². The second-order valence-corrected chi connectivity index (χ2v) is 15.1. The highest BCUT2D eigenvalue weighted by Gasteiger charge is 2.22. The minimum absolute atomic E-state index is 0.594. The third kappa shape index (κ3) is 5.32. The van der Waals surface area contributed by atoms with E-state index in [0.29, 0.717) is 5.56 Å². The zero-order chi connectivity index (χ0) is 38.1. The summed E-state index contributed by atoms with van der Waals surface area (Å²) < 4.78 is 4.60. The summed E-state index contributed by atoms with van der Waals surface area (Å²) in [5.74, 6) is 0. The van der Waals surface area contributed by atoms with Gasteiger partial charge in [-0.25, -0.2) is 0 Å². The van der Waals surface area contributed by atoms with Gasteiger partial charge in [-0.05, 0) is 122 Å². The fourth-order valence-corrected chi connectivity index (χ4v) is 8.89. The summed E-state index contributed by atoms with van der Waals surface area (Å²) in [6.45, 7) is 8.62. The Bertz CT molecular complexity index is 3220. The van der Waals surface area contributed by atoms with Crippen molar-refractivity contribution in [1.82, 2.24) is 14.1 Å². The lowest BCUT2D eigenvalue weighted by Crippen LogP contribution is -2.04. The van der Waals surface area contributed by atoms with Crippen molar-refractivity contribution in [3.05, 3.63) is 186 Å². The molecule has 4 heteroatoms. The zero-order valence-corrected chi connectivity index (χ0v) is 31.8. The Balaban J connectivity index is 1.25. The Morgan fingerprint density at radius 1 is 0.429 bits per heavy atom. The van der Waals surface area contributed by atoms with Crippen LogP contribution in [0.4, 0.5) is 0 Å². The lowest BCUT2D eigenvalue weighted by atomic mass is 9.97. The Labute approximate surface area is 326 Å². The number of aromatic nitrogens is 3. The first-order chi connectivity index (χ1) is 27.4. The molecule has 0 saturated heterocycles. The van der Waals surface area contributed by atoms with E-state index in [9.17, 15) is 5.26 Å². The van der Waals surface area contributed by atoms with E-state index in [4.69, 9.17) is 0 Å². The van der Waals surface area contributed by atoms with Crippen LogP contribution in [0, 0.1) is 39.0 Å². The van der Waals surface area contributed by atoms with Crippen LogP contribution in [0.1, 0.15) is 27.8 Å². The second-order valence-electron chi connectivity index (χ2n) is 15.1. The first-order valence-electron chi connectivity index (χ1n) is 19.1. The van der Waals surface area contributed by atoms with Gasteiger partial charge in [-0.1, -0.05) is 102 Å². The van der Waals surface area contributed by atoms with Gasteiger partial charge >= 0.3 is 0 Å². The first kappa shape index (κ1) is 33.4. The third-order valence-corrected chi connectivity index (χ3v) is 11.3. The van der Waals surface area contributed by atoms with Crippen molar-refractivity contribution >= 4 is 43.6 Å². The fraction of sp³-hybridized carbons (Fsp3) is 0.0769. The third-order valence-electron chi connectivity index (χ3n) is 11.3. The Morgan fingerprint density at radius 3 is 1.66 bits per heavy atom. The molecule has 0 bridgehead atoms. The van der Waals surface area contributed by atoms with Gasteiger partial charge in [0.15, 0.2) is 0 Å². The van der Waals surface area contributed by atoms with Gasteiger partial charge in [0.25, 0.3) is 0 Å². The topological polar surface area (TPSA) is 46.5 Å². The first-order valence-corrected chi connectivity index (χ1v) is 19.1. The minimum Gasteiger partial charge on any atom is -0.309 e. The molecule has 0 fully saturated rings. The van der Waals surface area contributed by atoms with Gasteiger partial charge in [0.1, 0.15) is 6.07 Å². The number of pyridine rings is 1. The van der Waals surface area contributed by atoms with Crippen molar-refractivity contribution in [3.63, 3.8) is 0 Å². The van der Waals surface area contributed by atoms with Gasteiger partial charge in [-0.2, -0.15) is 5.26 Å². The molecule has 0 unspecified atom stereocenters. The predicted octanol–water partition coefficient (Wildman–Crippen LogP) is 13.4. The van der Waals surface area contributed by atoms with E-state index >= 15 is 0 Å². The predicted molar refractivity (Wildman–Crippen MR) is 233 cm³/mol. The average molecular weight is 719 g/mol. The van der Waals surface area contributed by atoms with Crippen LogP contribution in [-0.4, -0.2) is 14.1 Å². The number of aryl methyl sites for hydroxylation is 4. The van der Waals surface area contributed by atoms with E-state index in [1.54, 1.807) is 0 Å². The highest BCUT2D eigenvalue weighted by Crippen LogP contribution is 2.42. The largest absolute Gasteiger partial charge is 0.309 e. The van der Waals surface area contributed by atoms with E-state index in [1.807, 2.05) is 12.4 Å². The number of hydrogen-bond acceptors (Lipinski definition) is 2. The summed E-state index contributed by atoms with van der Waals surface area (Å²) in [6, 6.07) is 55.0. The fourth-order valence-electron chi connectivity index (χ4n) is 8.89. The van der Waals surface area contributed by atoms with Gasteiger partial charge in [0.2, 0.25) is 0 Å². The van der Waals surface area contributed by atoms with Crippen LogP contribution in [0.15, 0.2) is 158 Å². The molecule has 0 amide bonds. The van der Waals surface area contributed by atoms with Crippen molar-refractivity contribution in [2.75, 3.05) is 0 Å². The van der Waals surface area contributed by atoms with Crippen molar-refractivity contribution in [2.24, 2.45) is 0 Å². The molecule has 3 aromatic heterocycles. The quantitative estimate of drug-likeness (QED) is 0.178. The van der Waals surface area contributed by atoms with Crippen LogP contribution in [0.25, 0.3) is 88.4 Å². The number of rotatable bonds is 5. The molecule has 10 rings (SSSR count). The smallest absolute Gasteiger partial charge is 0.101 e. The summed E-state index contributed by atoms with van der Waals surface area (Å²) in [6.07, 6.45) is 3.68. The van der Waals surface area contributed by atoms with Crippen molar-refractivity contribution in [3.8, 4) is 50.8 Å². The van der Waals surface area contributed by atoms with Crippen molar-refractivity contribution in [1.29, 1.82) is 5.26 Å². The zero-order valence-electron chi connectivity index (χ0n) is 31.8. The molecular formula is C52H38N4. The van der Waals surface area contributed by atoms with E-state index in [0.717, 1.165) is 55.3 Å². The van der Waals surface area contributed by atoms with Crippen LogP contribution in [0.2, 0.25) is 0 Å². The molecule has 7 aromatic carbocycles. The monoisotopic (exact) mass is 718 g/mol. The molecule has 4 nitrogen and oxygen atoms in total. The Morgan fingerprint density at radius 2 is 1.02 bits per heavy atom.